The van der Waals surface area contributed by atoms with E-state index >= 15 is 0 Å². The quantitative estimate of drug-likeness (QED) is 0.647. The van der Waals surface area contributed by atoms with Gasteiger partial charge in [0.15, 0.2) is 0 Å². The van der Waals surface area contributed by atoms with Crippen LogP contribution >= 0.6 is 0 Å². The number of fused-ring (bicyclic) bond motifs is 1. The summed E-state index contributed by atoms with van der Waals surface area (Å²) >= 11 is 0. The molecule has 0 fully saturated rings. The number of hydrogen-bond acceptors (Lipinski definition) is 4. The van der Waals surface area contributed by atoms with Gasteiger partial charge in [0, 0.05) is 36.6 Å². The van der Waals surface area contributed by atoms with Gasteiger partial charge in [-0.3, -0.25) is 4.79 Å². The first-order valence-electron chi connectivity index (χ1n) is 8.38. The number of amides is 1. The molecule has 2 aromatic carbocycles. The Morgan fingerprint density at radius 3 is 2.56 bits per heavy atom. The fourth-order valence-corrected chi connectivity index (χ4v) is 3.32. The SMILES string of the molecule is COc1ccc2c(ccn2CCC(=O)NCc2ccc(S(N)(=O)=O)cc2)c1. The minimum Gasteiger partial charge on any atom is -0.497 e. The normalized spacial score (nSPS) is 11.5. The van der Waals surface area contributed by atoms with Crippen molar-refractivity contribution in [3.63, 3.8) is 0 Å². The third kappa shape index (κ3) is 4.66. The lowest BCUT2D eigenvalue weighted by Gasteiger charge is -2.08. The summed E-state index contributed by atoms with van der Waals surface area (Å²) in [5, 5.41) is 8.96. The Bertz CT molecular complexity index is 1060. The summed E-state index contributed by atoms with van der Waals surface area (Å²) in [5.41, 5.74) is 1.84. The van der Waals surface area contributed by atoms with E-state index in [1.807, 2.05) is 35.0 Å². The van der Waals surface area contributed by atoms with E-state index in [0.29, 0.717) is 19.5 Å². The molecule has 142 valence electrons. The fraction of sp³-hybridized carbons (Fsp3) is 0.211. The molecule has 27 heavy (non-hydrogen) atoms. The molecule has 1 heterocycles. The summed E-state index contributed by atoms with van der Waals surface area (Å²) in [6, 6.07) is 13.9. The van der Waals surface area contributed by atoms with Gasteiger partial charge in [-0.15, -0.1) is 0 Å². The number of sulfonamides is 1. The summed E-state index contributed by atoms with van der Waals surface area (Å²) in [6.07, 6.45) is 2.29. The molecule has 3 aromatic rings. The number of rotatable bonds is 7. The lowest BCUT2D eigenvalue weighted by Crippen LogP contribution is -2.23. The molecule has 0 aliphatic heterocycles. The molecular weight excluding hydrogens is 366 g/mol. The van der Waals surface area contributed by atoms with Crippen LogP contribution in [0.2, 0.25) is 0 Å². The Morgan fingerprint density at radius 1 is 1.15 bits per heavy atom. The van der Waals surface area contributed by atoms with Gasteiger partial charge in [-0.1, -0.05) is 12.1 Å². The van der Waals surface area contributed by atoms with Crippen molar-refractivity contribution in [3.05, 3.63) is 60.3 Å². The Kier molecular flexibility index (Phi) is 5.48. The van der Waals surface area contributed by atoms with E-state index in [1.54, 1.807) is 19.2 Å². The summed E-state index contributed by atoms with van der Waals surface area (Å²) in [6.45, 7) is 0.888. The minimum atomic E-state index is -3.71. The number of methoxy groups -OCH3 is 1. The second-order valence-corrected chi connectivity index (χ2v) is 7.71. The van der Waals surface area contributed by atoms with Crippen LogP contribution in [0, 0.1) is 0 Å². The van der Waals surface area contributed by atoms with Crippen molar-refractivity contribution in [2.24, 2.45) is 5.14 Å². The second-order valence-electron chi connectivity index (χ2n) is 6.15. The van der Waals surface area contributed by atoms with E-state index < -0.39 is 10.0 Å². The number of nitrogens with zero attached hydrogens (tertiary/aromatic N) is 1. The van der Waals surface area contributed by atoms with Crippen LogP contribution < -0.4 is 15.2 Å². The van der Waals surface area contributed by atoms with E-state index in [2.05, 4.69) is 5.32 Å². The van der Waals surface area contributed by atoms with Crippen LogP contribution in [0.1, 0.15) is 12.0 Å². The number of carbonyl (C=O) groups excluding carboxylic acids is 1. The summed E-state index contributed by atoms with van der Waals surface area (Å²) < 4.78 is 29.7. The number of primary sulfonamides is 1. The molecule has 0 saturated heterocycles. The molecule has 0 aliphatic carbocycles. The average molecular weight is 387 g/mol. The van der Waals surface area contributed by atoms with Gasteiger partial charge in [-0.25, -0.2) is 13.6 Å². The highest BCUT2D eigenvalue weighted by Gasteiger charge is 2.08. The molecule has 3 N–H and O–H groups in total. The van der Waals surface area contributed by atoms with Gasteiger partial charge in [0.1, 0.15) is 5.75 Å². The van der Waals surface area contributed by atoms with Crippen LogP contribution in [0.25, 0.3) is 10.9 Å². The Hall–Kier alpha value is -2.84. The van der Waals surface area contributed by atoms with Crippen LogP contribution in [0.3, 0.4) is 0 Å². The maximum absolute atomic E-state index is 12.1. The monoisotopic (exact) mass is 387 g/mol. The Labute approximate surface area is 157 Å². The average Bonchev–Trinajstić information content (AvgIpc) is 3.06. The van der Waals surface area contributed by atoms with Gasteiger partial charge in [-0.05, 0) is 42.0 Å². The molecule has 0 aliphatic rings. The van der Waals surface area contributed by atoms with Crippen molar-refractivity contribution in [3.8, 4) is 5.75 Å². The number of ether oxygens (including phenoxy) is 1. The fourth-order valence-electron chi connectivity index (χ4n) is 2.81. The molecule has 1 aromatic heterocycles. The highest BCUT2D eigenvalue weighted by molar-refractivity contribution is 7.89. The van der Waals surface area contributed by atoms with E-state index in [1.165, 1.54) is 12.1 Å². The van der Waals surface area contributed by atoms with Gasteiger partial charge in [-0.2, -0.15) is 0 Å². The largest absolute Gasteiger partial charge is 0.497 e. The smallest absolute Gasteiger partial charge is 0.238 e. The number of benzene rings is 2. The summed E-state index contributed by atoms with van der Waals surface area (Å²) in [7, 11) is -2.08. The number of aromatic nitrogens is 1. The predicted octanol–water partition coefficient (Wildman–Crippen LogP) is 2.00. The van der Waals surface area contributed by atoms with E-state index in [-0.39, 0.29) is 10.8 Å². The third-order valence-electron chi connectivity index (χ3n) is 4.30. The number of hydrogen-bond donors (Lipinski definition) is 2. The molecule has 0 bridgehead atoms. The Balaban J connectivity index is 1.54. The van der Waals surface area contributed by atoms with Gasteiger partial charge >= 0.3 is 0 Å². The van der Waals surface area contributed by atoms with Crippen LogP contribution in [-0.4, -0.2) is 26.0 Å². The van der Waals surface area contributed by atoms with Gasteiger partial charge in [0.05, 0.1) is 12.0 Å². The summed E-state index contributed by atoms with van der Waals surface area (Å²) in [4.78, 5) is 12.2. The molecule has 0 saturated carbocycles. The number of aryl methyl sites for hydroxylation is 1. The van der Waals surface area contributed by atoms with E-state index in [0.717, 1.165) is 22.2 Å². The number of nitrogens with two attached hydrogens (primary N) is 1. The zero-order valence-electron chi connectivity index (χ0n) is 14.9. The van der Waals surface area contributed by atoms with Crippen molar-refractivity contribution in [1.29, 1.82) is 0 Å². The Morgan fingerprint density at radius 2 is 1.89 bits per heavy atom. The van der Waals surface area contributed by atoms with Crippen molar-refractivity contribution >= 4 is 26.8 Å². The molecule has 0 unspecified atom stereocenters. The zero-order chi connectivity index (χ0) is 19.4. The van der Waals surface area contributed by atoms with Crippen LogP contribution in [-0.2, 0) is 27.9 Å². The maximum Gasteiger partial charge on any atom is 0.238 e. The highest BCUT2D eigenvalue weighted by Crippen LogP contribution is 2.22. The van der Waals surface area contributed by atoms with Gasteiger partial charge < -0.3 is 14.6 Å². The van der Waals surface area contributed by atoms with Crippen LogP contribution in [0.5, 0.6) is 5.75 Å². The topological polar surface area (TPSA) is 103 Å². The van der Waals surface area contributed by atoms with Crippen molar-refractivity contribution in [2.75, 3.05) is 7.11 Å². The standard InChI is InChI=1S/C19H21N3O4S/c1-26-16-4-7-18-15(12-16)8-10-22(18)11-9-19(23)21-13-14-2-5-17(6-3-14)27(20,24)25/h2-8,10,12H,9,11,13H2,1H3,(H,21,23)(H2,20,24,25). The summed E-state index contributed by atoms with van der Waals surface area (Å²) in [5.74, 6) is 0.715. The first kappa shape index (κ1) is 18.9. The molecule has 8 heteroatoms. The molecule has 0 atom stereocenters. The number of carbonyl (C=O) groups is 1. The molecular formula is C19H21N3O4S. The van der Waals surface area contributed by atoms with Crippen molar-refractivity contribution in [1.82, 2.24) is 9.88 Å². The van der Waals surface area contributed by atoms with Crippen LogP contribution in [0.4, 0.5) is 0 Å². The number of nitrogens with one attached hydrogen (secondary N) is 1. The van der Waals surface area contributed by atoms with Crippen molar-refractivity contribution in [2.45, 2.75) is 24.4 Å². The van der Waals surface area contributed by atoms with E-state index in [9.17, 15) is 13.2 Å². The molecule has 1 amide bonds. The molecule has 7 nitrogen and oxygen atoms in total. The molecule has 0 spiro atoms. The molecule has 0 radical (unpaired) electrons. The zero-order valence-corrected chi connectivity index (χ0v) is 15.7. The van der Waals surface area contributed by atoms with Gasteiger partial charge in [0.25, 0.3) is 0 Å². The van der Waals surface area contributed by atoms with E-state index in [4.69, 9.17) is 9.88 Å². The second kappa shape index (κ2) is 7.81. The minimum absolute atomic E-state index is 0.0497. The maximum atomic E-state index is 12.1. The lowest BCUT2D eigenvalue weighted by molar-refractivity contribution is -0.121. The lowest BCUT2D eigenvalue weighted by atomic mass is 10.2. The van der Waals surface area contributed by atoms with Gasteiger partial charge in [0.2, 0.25) is 15.9 Å². The predicted molar refractivity (Wildman–Crippen MR) is 103 cm³/mol. The van der Waals surface area contributed by atoms with Crippen LogP contribution in [0.15, 0.2) is 59.6 Å². The first-order valence-corrected chi connectivity index (χ1v) is 9.93. The highest BCUT2D eigenvalue weighted by atomic mass is 32.2. The van der Waals surface area contributed by atoms with Crippen molar-refractivity contribution < 1.29 is 17.9 Å². The first-order chi connectivity index (χ1) is 12.9. The third-order valence-corrected chi connectivity index (χ3v) is 5.23. The molecule has 3 rings (SSSR count).